The zero-order chi connectivity index (χ0) is 15.8. The molecule has 0 aliphatic carbocycles. The molecule has 0 atom stereocenters. The largest absolute Gasteiger partial charge is 0.494 e. The van der Waals surface area contributed by atoms with Gasteiger partial charge in [-0.1, -0.05) is 12.1 Å². The molecule has 7 nitrogen and oxygen atoms in total. The van der Waals surface area contributed by atoms with E-state index in [9.17, 15) is 9.59 Å². The number of carbonyl (C=O) groups excluding carboxylic acids is 2. The Bertz CT molecular complexity index is 625. The zero-order valence-electron chi connectivity index (χ0n) is 12.3. The summed E-state index contributed by atoms with van der Waals surface area (Å²) >= 11 is 0. The fourth-order valence-electron chi connectivity index (χ4n) is 1.81. The molecule has 0 aliphatic heterocycles. The van der Waals surface area contributed by atoms with Crippen molar-refractivity contribution >= 4 is 11.7 Å². The van der Waals surface area contributed by atoms with E-state index in [1.54, 1.807) is 24.3 Å². The predicted molar refractivity (Wildman–Crippen MR) is 79.4 cm³/mol. The highest BCUT2D eigenvalue weighted by Gasteiger charge is 2.04. The molecule has 0 spiro atoms. The van der Waals surface area contributed by atoms with E-state index in [0.717, 1.165) is 0 Å². The number of rotatable bonds is 8. The molecule has 0 fully saturated rings. The van der Waals surface area contributed by atoms with Crippen molar-refractivity contribution < 1.29 is 14.3 Å². The third-order valence-corrected chi connectivity index (χ3v) is 2.98. The second-order valence-corrected chi connectivity index (χ2v) is 4.74. The molecule has 0 radical (unpaired) electrons. The molecule has 0 unspecified atom stereocenters. The van der Waals surface area contributed by atoms with Gasteiger partial charge in [-0.25, -0.2) is 4.98 Å². The number of hydrogen-bond acceptors (Lipinski definition) is 5. The Morgan fingerprint density at radius 3 is 2.95 bits per heavy atom. The van der Waals surface area contributed by atoms with Crippen LogP contribution >= 0.6 is 0 Å². The van der Waals surface area contributed by atoms with Gasteiger partial charge in [0.05, 0.1) is 13.2 Å². The molecular formula is C15H18N4O3. The topological polar surface area (TPSA) is 97.0 Å². The van der Waals surface area contributed by atoms with Crippen molar-refractivity contribution in [1.29, 1.82) is 0 Å². The lowest BCUT2D eigenvalue weighted by atomic mass is 10.1. The number of hydrogen-bond donors (Lipinski definition) is 2. The van der Waals surface area contributed by atoms with Crippen molar-refractivity contribution in [2.75, 3.05) is 6.61 Å². The molecule has 1 aromatic carbocycles. The average molecular weight is 302 g/mol. The molecule has 7 heteroatoms. The summed E-state index contributed by atoms with van der Waals surface area (Å²) in [5, 5.41) is 9.10. The van der Waals surface area contributed by atoms with Crippen molar-refractivity contribution in [3.63, 3.8) is 0 Å². The Morgan fingerprint density at radius 1 is 1.36 bits per heavy atom. The minimum atomic E-state index is -0.0718. The van der Waals surface area contributed by atoms with Crippen molar-refractivity contribution in [1.82, 2.24) is 20.5 Å². The fourth-order valence-corrected chi connectivity index (χ4v) is 1.81. The average Bonchev–Trinajstić information content (AvgIpc) is 3.03. The van der Waals surface area contributed by atoms with E-state index in [2.05, 4.69) is 20.5 Å². The van der Waals surface area contributed by atoms with Crippen LogP contribution in [0.1, 0.15) is 35.9 Å². The number of benzene rings is 1. The number of carbonyl (C=O) groups is 2. The van der Waals surface area contributed by atoms with Gasteiger partial charge >= 0.3 is 0 Å². The van der Waals surface area contributed by atoms with Crippen LogP contribution in [0.4, 0.5) is 0 Å². The van der Waals surface area contributed by atoms with E-state index < -0.39 is 0 Å². The number of nitrogens with one attached hydrogen (secondary N) is 2. The summed E-state index contributed by atoms with van der Waals surface area (Å²) in [7, 11) is 0. The van der Waals surface area contributed by atoms with Crippen molar-refractivity contribution in [2.24, 2.45) is 0 Å². The maximum absolute atomic E-state index is 11.6. The van der Waals surface area contributed by atoms with E-state index in [4.69, 9.17) is 4.74 Å². The summed E-state index contributed by atoms with van der Waals surface area (Å²) in [5.74, 6) is 1.18. The van der Waals surface area contributed by atoms with Crippen LogP contribution in [0.5, 0.6) is 5.75 Å². The summed E-state index contributed by atoms with van der Waals surface area (Å²) in [6.07, 6.45) is 2.34. The first-order valence-electron chi connectivity index (χ1n) is 7.00. The highest BCUT2D eigenvalue weighted by atomic mass is 16.5. The van der Waals surface area contributed by atoms with Gasteiger partial charge in [-0.3, -0.25) is 14.7 Å². The molecule has 22 heavy (non-hydrogen) atoms. The molecule has 0 bridgehead atoms. The van der Waals surface area contributed by atoms with Gasteiger partial charge in [0.2, 0.25) is 5.91 Å². The van der Waals surface area contributed by atoms with Crippen LogP contribution in [-0.2, 0) is 11.3 Å². The minimum Gasteiger partial charge on any atom is -0.494 e. The molecular weight excluding hydrogens is 284 g/mol. The van der Waals surface area contributed by atoms with E-state index in [1.807, 2.05) is 0 Å². The number of ether oxygens (including phenoxy) is 1. The molecule has 0 aliphatic rings. The molecule has 116 valence electrons. The number of H-pyrrole nitrogens is 1. The smallest absolute Gasteiger partial charge is 0.220 e. The van der Waals surface area contributed by atoms with Gasteiger partial charge in [0.1, 0.15) is 17.9 Å². The Balaban J connectivity index is 1.65. The second-order valence-electron chi connectivity index (χ2n) is 4.74. The van der Waals surface area contributed by atoms with Gasteiger partial charge in [0.25, 0.3) is 0 Å². The number of amides is 1. The summed E-state index contributed by atoms with van der Waals surface area (Å²) in [5.41, 5.74) is 0.613. The molecule has 1 aromatic heterocycles. The highest BCUT2D eigenvalue weighted by molar-refractivity contribution is 5.94. The molecule has 0 saturated heterocycles. The lowest BCUT2D eigenvalue weighted by molar-refractivity contribution is -0.121. The standard InChI is InChI=1S/C15H18N4O3/c1-11(20)12-4-2-5-13(8-12)22-7-3-6-15(21)16-9-14-17-10-18-19-14/h2,4-5,8,10H,3,6-7,9H2,1H3,(H,16,21)(H,17,18,19). The summed E-state index contributed by atoms with van der Waals surface area (Å²) in [6, 6.07) is 7.00. The first kappa shape index (κ1) is 15.7. The van der Waals surface area contributed by atoms with Gasteiger partial charge < -0.3 is 10.1 Å². The SMILES string of the molecule is CC(=O)c1cccc(OCCCC(=O)NCc2ncn[nH]2)c1. The highest BCUT2D eigenvalue weighted by Crippen LogP contribution is 2.14. The Kier molecular flexibility index (Phi) is 5.65. The number of Topliss-reactive ketones (excluding diaryl/α,β-unsaturated/α-hetero) is 1. The number of aromatic nitrogens is 3. The van der Waals surface area contributed by atoms with E-state index in [0.29, 0.717) is 43.1 Å². The van der Waals surface area contributed by atoms with E-state index >= 15 is 0 Å². The molecule has 1 amide bonds. The van der Waals surface area contributed by atoms with Gasteiger partial charge in [-0.05, 0) is 25.5 Å². The van der Waals surface area contributed by atoms with Gasteiger partial charge in [-0.15, -0.1) is 0 Å². The van der Waals surface area contributed by atoms with Crippen molar-refractivity contribution in [2.45, 2.75) is 26.3 Å². The van der Waals surface area contributed by atoms with E-state index in [1.165, 1.54) is 13.3 Å². The zero-order valence-corrected chi connectivity index (χ0v) is 12.3. The van der Waals surface area contributed by atoms with Crippen LogP contribution in [0.2, 0.25) is 0 Å². The number of aromatic amines is 1. The molecule has 0 saturated carbocycles. The summed E-state index contributed by atoms with van der Waals surface area (Å²) < 4.78 is 5.54. The van der Waals surface area contributed by atoms with Crippen LogP contribution in [0.3, 0.4) is 0 Å². The normalized spacial score (nSPS) is 10.2. The Morgan fingerprint density at radius 2 is 2.23 bits per heavy atom. The lowest BCUT2D eigenvalue weighted by Crippen LogP contribution is -2.23. The minimum absolute atomic E-state index is 0.00255. The summed E-state index contributed by atoms with van der Waals surface area (Å²) in [6.45, 7) is 2.26. The van der Waals surface area contributed by atoms with Gasteiger partial charge in [-0.2, -0.15) is 5.10 Å². The van der Waals surface area contributed by atoms with Crippen LogP contribution in [0.25, 0.3) is 0 Å². The van der Waals surface area contributed by atoms with Crippen LogP contribution in [-0.4, -0.2) is 33.5 Å². The molecule has 2 N–H and O–H groups in total. The van der Waals surface area contributed by atoms with Crippen LogP contribution in [0.15, 0.2) is 30.6 Å². The maximum Gasteiger partial charge on any atom is 0.220 e. The van der Waals surface area contributed by atoms with Crippen LogP contribution < -0.4 is 10.1 Å². The Labute approximate surface area is 128 Å². The first-order valence-corrected chi connectivity index (χ1v) is 7.00. The Hall–Kier alpha value is -2.70. The lowest BCUT2D eigenvalue weighted by Gasteiger charge is -2.07. The number of nitrogens with zero attached hydrogens (tertiary/aromatic N) is 2. The molecule has 2 aromatic rings. The number of ketones is 1. The third kappa shape index (κ3) is 5.01. The fraction of sp³-hybridized carbons (Fsp3) is 0.333. The maximum atomic E-state index is 11.6. The molecule has 1 heterocycles. The first-order chi connectivity index (χ1) is 10.6. The summed E-state index contributed by atoms with van der Waals surface area (Å²) in [4.78, 5) is 26.8. The van der Waals surface area contributed by atoms with Crippen molar-refractivity contribution in [3.8, 4) is 5.75 Å². The van der Waals surface area contributed by atoms with Gasteiger partial charge in [0.15, 0.2) is 5.78 Å². The molecule has 2 rings (SSSR count). The van der Waals surface area contributed by atoms with Gasteiger partial charge in [0, 0.05) is 12.0 Å². The van der Waals surface area contributed by atoms with Crippen LogP contribution in [0, 0.1) is 0 Å². The monoisotopic (exact) mass is 302 g/mol. The third-order valence-electron chi connectivity index (χ3n) is 2.98. The predicted octanol–water partition coefficient (Wildman–Crippen LogP) is 1.48. The quantitative estimate of drug-likeness (QED) is 0.568. The second kappa shape index (κ2) is 7.92. The van der Waals surface area contributed by atoms with E-state index in [-0.39, 0.29) is 11.7 Å². The van der Waals surface area contributed by atoms with Crippen molar-refractivity contribution in [3.05, 3.63) is 42.0 Å².